The molecule has 1 heterocycles. The van der Waals surface area contributed by atoms with E-state index in [-0.39, 0.29) is 0 Å². The number of fused-ring (bicyclic) bond motifs is 2. The van der Waals surface area contributed by atoms with Crippen molar-refractivity contribution in [1.82, 2.24) is 4.98 Å². The number of hydrogen-bond donors (Lipinski definition) is 1. The van der Waals surface area contributed by atoms with E-state index in [1.54, 1.807) is 0 Å². The first-order chi connectivity index (χ1) is 10.3. The molecule has 0 spiro atoms. The van der Waals surface area contributed by atoms with Gasteiger partial charge >= 0.3 is 134 Å². The van der Waals surface area contributed by atoms with Crippen LogP contribution in [0.15, 0.2) is 60.8 Å². The maximum absolute atomic E-state index is 3.40. The van der Waals surface area contributed by atoms with E-state index in [0.717, 1.165) is 6.42 Å². The van der Waals surface area contributed by atoms with Crippen LogP contribution in [0.2, 0.25) is 0 Å². The summed E-state index contributed by atoms with van der Waals surface area (Å²) in [6, 6.07) is 17.3. The molecule has 1 nitrogen and oxygen atoms in total. The van der Waals surface area contributed by atoms with E-state index in [4.69, 9.17) is 0 Å². The summed E-state index contributed by atoms with van der Waals surface area (Å²) >= 11 is 2.34. The van der Waals surface area contributed by atoms with E-state index in [2.05, 4.69) is 89.6 Å². The van der Waals surface area contributed by atoms with Gasteiger partial charge in [0.15, 0.2) is 0 Å². The Morgan fingerprint density at radius 3 is 2.81 bits per heavy atom. The van der Waals surface area contributed by atoms with E-state index in [1.165, 1.54) is 27.6 Å². The summed E-state index contributed by atoms with van der Waals surface area (Å²) in [4.78, 5) is 3.40. The average Bonchev–Trinajstić information content (AvgIpc) is 3.12. The summed E-state index contributed by atoms with van der Waals surface area (Å²) in [5, 5.41) is 1.36. The molecule has 1 aliphatic rings. The van der Waals surface area contributed by atoms with Gasteiger partial charge in [-0.15, -0.1) is 0 Å². The molecule has 0 saturated carbocycles. The normalized spacial score (nSPS) is 18.1. The van der Waals surface area contributed by atoms with Crippen molar-refractivity contribution in [2.24, 2.45) is 0 Å². The van der Waals surface area contributed by atoms with Crippen LogP contribution < -0.4 is 0 Å². The molecular weight excluding hydrogens is 249 g/mol. The zero-order valence-electron chi connectivity index (χ0n) is 12.2. The van der Waals surface area contributed by atoms with Crippen LogP contribution in [0.1, 0.15) is 33.6 Å². The van der Waals surface area contributed by atoms with E-state index in [1.807, 2.05) is 0 Å². The van der Waals surface area contributed by atoms with Crippen LogP contribution in [0.3, 0.4) is 0 Å². The number of para-hydroxylation sites is 1. The molecule has 1 aromatic heterocycles. The summed E-state index contributed by atoms with van der Waals surface area (Å²) in [6.07, 6.45) is 7.97. The van der Waals surface area contributed by atoms with Crippen molar-refractivity contribution in [3.05, 3.63) is 77.5 Å². The quantitative estimate of drug-likeness (QED) is 0.667. The zero-order chi connectivity index (χ0) is 14.2. The number of aromatic nitrogens is 1. The Balaban J connectivity index is 1.62. The van der Waals surface area contributed by atoms with Crippen molar-refractivity contribution in [2.45, 2.75) is 16.9 Å². The predicted molar refractivity (Wildman–Crippen MR) is 89.6 cm³/mol. The third-order valence-corrected chi connectivity index (χ3v) is 4.66. The summed E-state index contributed by atoms with van der Waals surface area (Å²) in [5.74, 6) is 0.546. The summed E-state index contributed by atoms with van der Waals surface area (Å²) in [7, 11) is 0. The maximum atomic E-state index is 3.40. The molecule has 0 radical (unpaired) electrons. The van der Waals surface area contributed by atoms with E-state index in [9.17, 15) is 0 Å². The molecule has 3 aromatic rings. The van der Waals surface area contributed by atoms with Gasteiger partial charge < -0.3 is 0 Å². The molecule has 2 unspecified atom stereocenters. The Kier molecular flexibility index (Phi) is 3.26. The first-order valence-electron chi connectivity index (χ1n) is 7.66. The first kappa shape index (κ1) is 13.0. The Morgan fingerprint density at radius 2 is 1.86 bits per heavy atom. The molecule has 0 aliphatic heterocycles. The minimum atomic E-state index is 0.543. The second kappa shape index (κ2) is 5.26. The van der Waals surface area contributed by atoms with Crippen molar-refractivity contribution in [3.63, 3.8) is 0 Å². The van der Waals surface area contributed by atoms with E-state index < -0.39 is 0 Å². The van der Waals surface area contributed by atoms with Crippen LogP contribution in [-0.2, 0) is 0 Å². The summed E-state index contributed by atoms with van der Waals surface area (Å²) in [6.45, 7) is 0. The molecule has 1 aliphatic carbocycles. The number of rotatable bonds is 3. The van der Waals surface area contributed by atoms with Gasteiger partial charge in [0, 0.05) is 0 Å². The first-order valence-corrected chi connectivity index (χ1v) is 7.66. The van der Waals surface area contributed by atoms with Gasteiger partial charge in [0.05, 0.1) is 0 Å². The molecular formula is C19H16LiN. The van der Waals surface area contributed by atoms with Crippen molar-refractivity contribution < 1.29 is 0 Å². The number of nitrogens with one attached hydrogen (secondary N) is 1. The van der Waals surface area contributed by atoms with Gasteiger partial charge in [0.25, 0.3) is 0 Å². The molecule has 1 N–H and O–H groups in total. The number of aromatic amines is 1. The van der Waals surface area contributed by atoms with Crippen molar-refractivity contribution in [3.8, 4) is 0 Å². The molecule has 0 saturated heterocycles. The third-order valence-electron chi connectivity index (χ3n) is 4.66. The molecule has 0 bridgehead atoms. The van der Waals surface area contributed by atoms with E-state index in [0.29, 0.717) is 10.5 Å². The van der Waals surface area contributed by atoms with Crippen LogP contribution in [0.4, 0.5) is 0 Å². The number of H-pyrrole nitrogens is 1. The summed E-state index contributed by atoms with van der Waals surface area (Å²) in [5.41, 5.74) is 5.53. The molecule has 21 heavy (non-hydrogen) atoms. The number of hydrogen-bond acceptors (Lipinski definition) is 0. The fraction of sp³-hybridized carbons (Fsp3) is 0.158. The zero-order valence-corrected chi connectivity index (χ0v) is 12.2. The van der Waals surface area contributed by atoms with Gasteiger partial charge in [-0.3, -0.25) is 0 Å². The Morgan fingerprint density at radius 1 is 1.05 bits per heavy atom. The third kappa shape index (κ3) is 2.27. The molecule has 0 amide bonds. The molecule has 98 valence electrons. The van der Waals surface area contributed by atoms with Gasteiger partial charge in [0.1, 0.15) is 0 Å². The van der Waals surface area contributed by atoms with Gasteiger partial charge in [-0.25, -0.2) is 0 Å². The predicted octanol–water partition coefficient (Wildman–Crippen LogP) is 4.58. The standard InChI is InChI=1S/C19H16N.Li/c1-2-6-17-14(5-1)9-10-15(17)11-12-16-13-20-19-8-4-3-7-18(16)19;/h1-10,12-13,15,20H,11H2;. The molecule has 2 heteroatoms. The Bertz CT molecular complexity index is 815. The van der Waals surface area contributed by atoms with Crippen LogP contribution >= 0.6 is 0 Å². The van der Waals surface area contributed by atoms with Crippen molar-refractivity contribution in [1.29, 1.82) is 0 Å². The topological polar surface area (TPSA) is 15.8 Å². The molecule has 0 fully saturated rings. The summed E-state index contributed by atoms with van der Waals surface area (Å²) < 4.78 is 0.543. The minimum absolute atomic E-state index is 0.543. The fourth-order valence-corrected chi connectivity index (χ4v) is 3.54. The molecule has 4 rings (SSSR count). The number of benzene rings is 2. The van der Waals surface area contributed by atoms with Crippen molar-refractivity contribution in [2.75, 3.05) is 0 Å². The SMILES string of the molecule is [Li][CH](CC1C=Cc2ccccc21)c1c[nH]c2ccccc12. The second-order valence-corrected chi connectivity index (χ2v) is 6.02. The van der Waals surface area contributed by atoms with Gasteiger partial charge in [0.2, 0.25) is 0 Å². The number of allylic oxidation sites excluding steroid dienone is 1. The molecule has 2 atom stereocenters. The van der Waals surface area contributed by atoms with Gasteiger partial charge in [-0.2, -0.15) is 0 Å². The van der Waals surface area contributed by atoms with Crippen LogP contribution in [0, 0.1) is 0 Å². The van der Waals surface area contributed by atoms with Gasteiger partial charge in [-0.05, 0) is 0 Å². The van der Waals surface area contributed by atoms with Crippen LogP contribution in [0.5, 0.6) is 0 Å². The van der Waals surface area contributed by atoms with E-state index >= 15 is 0 Å². The Hall–Kier alpha value is -1.68. The van der Waals surface area contributed by atoms with Crippen LogP contribution in [-0.4, -0.2) is 22.7 Å². The Labute approximate surface area is 134 Å². The van der Waals surface area contributed by atoms with Gasteiger partial charge in [-0.1, -0.05) is 0 Å². The second-order valence-electron chi connectivity index (χ2n) is 6.02. The van der Waals surface area contributed by atoms with Crippen LogP contribution in [0.25, 0.3) is 17.0 Å². The fourth-order valence-electron chi connectivity index (χ4n) is 3.54. The average molecular weight is 265 g/mol. The monoisotopic (exact) mass is 265 g/mol. The molecule has 2 aromatic carbocycles. The van der Waals surface area contributed by atoms with Crippen molar-refractivity contribution >= 4 is 34.7 Å².